The third kappa shape index (κ3) is 2.12. The van der Waals surface area contributed by atoms with Gasteiger partial charge in [0.25, 0.3) is 0 Å². The van der Waals surface area contributed by atoms with Crippen molar-refractivity contribution in [2.45, 2.75) is 32.9 Å². The first-order valence-corrected chi connectivity index (χ1v) is 4.48. The van der Waals surface area contributed by atoms with Crippen LogP contribution in [0.25, 0.3) is 0 Å². The molecular weight excluding hydrogens is 189 g/mol. The molecule has 1 saturated carbocycles. The molecule has 0 heterocycles. The van der Waals surface area contributed by atoms with Crippen molar-refractivity contribution in [2.75, 3.05) is 0 Å². The maximum Gasteiger partial charge on any atom is 0.389 e. The quantitative estimate of drug-likeness (QED) is 0.474. The van der Waals surface area contributed by atoms with E-state index >= 15 is 0 Å². The summed E-state index contributed by atoms with van der Waals surface area (Å²) < 4.78 is 36.3. The maximum absolute atomic E-state index is 12.1. The van der Waals surface area contributed by atoms with Crippen LogP contribution in [0.2, 0.25) is 0 Å². The fourth-order valence-corrected chi connectivity index (χ4v) is 1.86. The molecule has 0 radical (unpaired) electrons. The molecule has 1 rings (SSSR count). The molecule has 0 bridgehead atoms. The first-order valence-electron chi connectivity index (χ1n) is 4.48. The molecule has 0 aliphatic heterocycles. The molecule has 0 nitrogen and oxygen atoms in total. The van der Waals surface area contributed by atoms with Gasteiger partial charge in [0, 0.05) is 6.42 Å². The average Bonchev–Trinajstić information content (AvgIpc) is 2.61. The van der Waals surface area contributed by atoms with Gasteiger partial charge in [-0.05, 0) is 26.2 Å². The normalized spacial score (nSPS) is 30.5. The van der Waals surface area contributed by atoms with Crippen LogP contribution in [0.5, 0.6) is 0 Å². The molecule has 2 unspecified atom stereocenters. The zero-order chi connectivity index (χ0) is 11.0. The van der Waals surface area contributed by atoms with Gasteiger partial charge in [-0.1, -0.05) is 18.1 Å². The molecule has 14 heavy (non-hydrogen) atoms. The zero-order valence-corrected chi connectivity index (χ0v) is 8.33. The topological polar surface area (TPSA) is 0 Å². The lowest BCUT2D eigenvalue weighted by Crippen LogP contribution is -2.12. The zero-order valence-electron chi connectivity index (χ0n) is 8.33. The van der Waals surface area contributed by atoms with Crippen molar-refractivity contribution < 1.29 is 13.2 Å². The number of hydrogen-bond donors (Lipinski definition) is 0. The van der Waals surface area contributed by atoms with Crippen molar-refractivity contribution in [1.82, 2.24) is 0 Å². The van der Waals surface area contributed by atoms with Gasteiger partial charge in [-0.15, -0.1) is 5.92 Å². The molecule has 0 aromatic rings. The Labute approximate surface area is 82.2 Å². The Hall–Kier alpha value is -0.910. The molecule has 2 atom stereocenters. The Morgan fingerprint density at radius 1 is 1.57 bits per heavy atom. The van der Waals surface area contributed by atoms with Crippen LogP contribution in [-0.2, 0) is 0 Å². The minimum atomic E-state index is -4.09. The van der Waals surface area contributed by atoms with Crippen LogP contribution in [0.4, 0.5) is 13.2 Å². The highest BCUT2D eigenvalue weighted by atomic mass is 19.4. The second-order valence-corrected chi connectivity index (χ2v) is 3.85. The van der Waals surface area contributed by atoms with Gasteiger partial charge in [0.1, 0.15) is 0 Å². The Balaban J connectivity index is 2.71. The first kappa shape index (κ1) is 11.2. The summed E-state index contributed by atoms with van der Waals surface area (Å²) in [5, 5.41) is 0. The molecule has 3 heteroatoms. The minimum absolute atomic E-state index is 0.382. The third-order valence-corrected chi connectivity index (χ3v) is 2.69. The summed E-state index contributed by atoms with van der Waals surface area (Å²) in [6.07, 6.45) is -4.32. The monoisotopic (exact) mass is 202 g/mol. The minimum Gasteiger partial charge on any atom is -0.171 e. The van der Waals surface area contributed by atoms with Crippen LogP contribution in [0, 0.1) is 23.2 Å². The summed E-state index contributed by atoms with van der Waals surface area (Å²) in [7, 11) is 0. The van der Waals surface area contributed by atoms with E-state index in [2.05, 4.69) is 18.4 Å². The van der Waals surface area contributed by atoms with E-state index in [9.17, 15) is 13.2 Å². The van der Waals surface area contributed by atoms with Crippen LogP contribution in [0.15, 0.2) is 12.2 Å². The molecule has 0 aromatic carbocycles. The molecule has 0 spiro atoms. The van der Waals surface area contributed by atoms with Crippen LogP contribution >= 0.6 is 0 Å². The van der Waals surface area contributed by atoms with E-state index in [0.29, 0.717) is 6.42 Å². The fourth-order valence-electron chi connectivity index (χ4n) is 1.86. The lowest BCUT2D eigenvalue weighted by atomic mass is 9.95. The summed E-state index contributed by atoms with van der Waals surface area (Å²) in [4.78, 5) is 0. The smallest absolute Gasteiger partial charge is 0.171 e. The van der Waals surface area contributed by atoms with Crippen LogP contribution in [0.3, 0.4) is 0 Å². The number of alkyl halides is 3. The third-order valence-electron chi connectivity index (χ3n) is 2.69. The van der Waals surface area contributed by atoms with Crippen molar-refractivity contribution in [3.05, 3.63) is 12.2 Å². The summed E-state index contributed by atoms with van der Waals surface area (Å²) in [6.45, 7) is 7.12. The molecule has 0 aromatic heterocycles. The van der Waals surface area contributed by atoms with Crippen molar-refractivity contribution in [3.63, 3.8) is 0 Å². The van der Waals surface area contributed by atoms with Gasteiger partial charge in [0.2, 0.25) is 0 Å². The predicted molar refractivity (Wildman–Crippen MR) is 49.5 cm³/mol. The van der Waals surface area contributed by atoms with E-state index in [1.54, 1.807) is 13.8 Å². The molecule has 0 saturated heterocycles. The number of allylic oxidation sites excluding steroid dienone is 1. The largest absolute Gasteiger partial charge is 0.389 e. The second-order valence-electron chi connectivity index (χ2n) is 3.85. The molecule has 1 aliphatic carbocycles. The second kappa shape index (κ2) is 3.34. The van der Waals surface area contributed by atoms with Crippen molar-refractivity contribution in [1.29, 1.82) is 0 Å². The molecule has 0 N–H and O–H groups in total. The van der Waals surface area contributed by atoms with Gasteiger partial charge >= 0.3 is 6.18 Å². The van der Waals surface area contributed by atoms with E-state index in [1.165, 1.54) is 0 Å². The standard InChI is InChI=1S/C11H13F3/c1-4-5-10(8(2)3)6-9(10)7-11(12,13)14/h9H,2,6-7H2,1,3H3. The van der Waals surface area contributed by atoms with Gasteiger partial charge < -0.3 is 0 Å². The van der Waals surface area contributed by atoms with E-state index in [4.69, 9.17) is 0 Å². The van der Waals surface area contributed by atoms with Gasteiger partial charge in [0.05, 0.1) is 5.41 Å². The lowest BCUT2D eigenvalue weighted by Gasteiger charge is -2.11. The van der Waals surface area contributed by atoms with Gasteiger partial charge in [-0.25, -0.2) is 0 Å². The summed E-state index contributed by atoms with van der Waals surface area (Å²) in [5.41, 5.74) is 0.200. The van der Waals surface area contributed by atoms with Gasteiger partial charge in [0.15, 0.2) is 0 Å². The summed E-state index contributed by atoms with van der Waals surface area (Å²) in [5.74, 6) is 5.16. The highest BCUT2D eigenvalue weighted by Crippen LogP contribution is 2.60. The van der Waals surface area contributed by atoms with E-state index in [1.807, 2.05) is 0 Å². The number of rotatable bonds is 2. The van der Waals surface area contributed by atoms with E-state index in [-0.39, 0.29) is 5.92 Å². The number of hydrogen-bond acceptors (Lipinski definition) is 0. The Kier molecular flexibility index (Phi) is 2.67. The average molecular weight is 202 g/mol. The van der Waals surface area contributed by atoms with Gasteiger partial charge in [-0.2, -0.15) is 13.2 Å². The highest BCUT2D eigenvalue weighted by molar-refractivity contribution is 5.35. The molecule has 1 aliphatic rings. The Morgan fingerprint density at radius 3 is 2.50 bits per heavy atom. The number of halogens is 3. The first-order chi connectivity index (χ1) is 6.32. The summed E-state index contributed by atoms with van der Waals surface area (Å²) >= 11 is 0. The maximum atomic E-state index is 12.1. The summed E-state index contributed by atoms with van der Waals surface area (Å²) in [6, 6.07) is 0. The molecule has 1 fully saturated rings. The van der Waals surface area contributed by atoms with Crippen LogP contribution in [0.1, 0.15) is 26.7 Å². The van der Waals surface area contributed by atoms with Gasteiger partial charge in [-0.3, -0.25) is 0 Å². The predicted octanol–water partition coefficient (Wildman–Crippen LogP) is 3.54. The van der Waals surface area contributed by atoms with Crippen LogP contribution in [-0.4, -0.2) is 6.18 Å². The van der Waals surface area contributed by atoms with Crippen molar-refractivity contribution in [3.8, 4) is 11.8 Å². The Bertz CT molecular complexity index is 303. The molecule has 0 amide bonds. The highest BCUT2D eigenvalue weighted by Gasteiger charge is 2.57. The van der Waals surface area contributed by atoms with E-state index < -0.39 is 18.0 Å². The molecular formula is C11H13F3. The fraction of sp³-hybridized carbons (Fsp3) is 0.636. The Morgan fingerprint density at radius 2 is 2.14 bits per heavy atom. The molecule has 78 valence electrons. The van der Waals surface area contributed by atoms with Crippen LogP contribution < -0.4 is 0 Å². The van der Waals surface area contributed by atoms with E-state index in [0.717, 1.165) is 5.57 Å². The SMILES string of the molecule is C=C(C)C1(C#CC)CC1CC(F)(F)F. The van der Waals surface area contributed by atoms with Crippen molar-refractivity contribution in [2.24, 2.45) is 11.3 Å². The lowest BCUT2D eigenvalue weighted by molar-refractivity contribution is -0.139. The van der Waals surface area contributed by atoms with Crippen molar-refractivity contribution >= 4 is 0 Å².